The first kappa shape index (κ1) is 19.7. The van der Waals surface area contributed by atoms with Gasteiger partial charge in [-0.15, -0.1) is 0 Å². The van der Waals surface area contributed by atoms with Crippen molar-refractivity contribution in [2.45, 2.75) is 24.1 Å². The Kier molecular flexibility index (Phi) is 5.84. The van der Waals surface area contributed by atoms with E-state index in [0.29, 0.717) is 0 Å². The van der Waals surface area contributed by atoms with Gasteiger partial charge in [0.1, 0.15) is 5.82 Å². The second-order valence-electron chi connectivity index (χ2n) is 6.46. The molecule has 0 unspecified atom stereocenters. The lowest BCUT2D eigenvalue weighted by molar-refractivity contribution is 0.0950. The van der Waals surface area contributed by atoms with E-state index in [1.807, 2.05) is 6.92 Å². The van der Waals surface area contributed by atoms with Crippen molar-refractivity contribution in [3.63, 3.8) is 0 Å². The lowest BCUT2D eigenvalue weighted by Gasteiger charge is -2.09. The molecule has 0 radical (unpaired) electrons. The average molecular weight is 398 g/mol. The highest BCUT2D eigenvalue weighted by atomic mass is 32.2. The Morgan fingerprint density at radius 1 is 1.07 bits per heavy atom. The fraction of sp³-hybridized carbons (Fsp3) is 0.143. The molecule has 0 aliphatic carbocycles. The standard InChI is InChI=1S/C21H19FN2O3S/c1-15-4-6-20(7-5-15)28(26,27)14-17-9-18(11-19(22)10-17)21(25)24-13-16-3-2-8-23-12-16/h2-12H,13-14H2,1H3,(H,24,25). The van der Waals surface area contributed by atoms with Crippen LogP contribution in [-0.2, 0) is 22.1 Å². The first-order chi connectivity index (χ1) is 13.3. The van der Waals surface area contributed by atoms with Gasteiger partial charge in [-0.3, -0.25) is 9.78 Å². The number of halogens is 1. The number of nitrogens with zero attached hydrogens (tertiary/aromatic N) is 1. The van der Waals surface area contributed by atoms with Gasteiger partial charge in [0.2, 0.25) is 0 Å². The Morgan fingerprint density at radius 3 is 2.50 bits per heavy atom. The number of benzene rings is 2. The average Bonchev–Trinajstić information content (AvgIpc) is 2.66. The minimum Gasteiger partial charge on any atom is -0.348 e. The number of sulfone groups is 1. The van der Waals surface area contributed by atoms with Gasteiger partial charge < -0.3 is 5.32 Å². The van der Waals surface area contributed by atoms with E-state index in [9.17, 15) is 17.6 Å². The maximum absolute atomic E-state index is 14.0. The van der Waals surface area contributed by atoms with Crippen LogP contribution in [0.2, 0.25) is 0 Å². The molecule has 0 bridgehead atoms. The molecule has 0 atom stereocenters. The van der Waals surface area contributed by atoms with Crippen LogP contribution in [0.1, 0.15) is 27.0 Å². The number of hydrogen-bond acceptors (Lipinski definition) is 4. The minimum atomic E-state index is -3.65. The van der Waals surface area contributed by atoms with Gasteiger partial charge in [-0.1, -0.05) is 23.8 Å². The van der Waals surface area contributed by atoms with Crippen molar-refractivity contribution in [2.24, 2.45) is 0 Å². The van der Waals surface area contributed by atoms with Crippen molar-refractivity contribution in [2.75, 3.05) is 0 Å². The molecule has 0 spiro atoms. The molecule has 1 aromatic heterocycles. The Morgan fingerprint density at radius 2 is 1.82 bits per heavy atom. The van der Waals surface area contributed by atoms with Crippen LogP contribution in [0.3, 0.4) is 0 Å². The topological polar surface area (TPSA) is 76.1 Å². The largest absolute Gasteiger partial charge is 0.348 e. The summed E-state index contributed by atoms with van der Waals surface area (Å²) in [5, 5.41) is 2.68. The fourth-order valence-corrected chi connectivity index (χ4v) is 4.02. The van der Waals surface area contributed by atoms with Gasteiger partial charge in [-0.25, -0.2) is 12.8 Å². The molecule has 0 aliphatic heterocycles. The zero-order valence-corrected chi connectivity index (χ0v) is 16.0. The van der Waals surface area contributed by atoms with Crippen LogP contribution in [0.25, 0.3) is 0 Å². The molecule has 0 saturated carbocycles. The zero-order chi connectivity index (χ0) is 20.1. The first-order valence-electron chi connectivity index (χ1n) is 8.59. The molecule has 0 saturated heterocycles. The Bertz CT molecular complexity index is 1080. The van der Waals surface area contributed by atoms with Crippen LogP contribution in [0.15, 0.2) is 71.9 Å². The highest BCUT2D eigenvalue weighted by Gasteiger charge is 2.17. The normalized spacial score (nSPS) is 11.2. The van der Waals surface area contributed by atoms with E-state index in [0.717, 1.165) is 23.3 Å². The molecular formula is C21H19FN2O3S. The molecule has 0 aliphatic rings. The Labute approximate surface area is 163 Å². The van der Waals surface area contributed by atoms with E-state index in [2.05, 4.69) is 10.3 Å². The molecule has 28 heavy (non-hydrogen) atoms. The summed E-state index contributed by atoms with van der Waals surface area (Å²) in [6.45, 7) is 2.10. The third kappa shape index (κ3) is 5.01. The summed E-state index contributed by atoms with van der Waals surface area (Å²) in [5.74, 6) is -1.54. The van der Waals surface area contributed by atoms with Gasteiger partial charge in [0.05, 0.1) is 10.6 Å². The molecule has 5 nitrogen and oxygen atoms in total. The maximum Gasteiger partial charge on any atom is 0.251 e. The van der Waals surface area contributed by atoms with E-state index >= 15 is 0 Å². The van der Waals surface area contributed by atoms with Gasteiger partial charge in [-0.2, -0.15) is 0 Å². The van der Waals surface area contributed by atoms with Crippen LogP contribution in [0, 0.1) is 12.7 Å². The number of nitrogens with one attached hydrogen (secondary N) is 1. The van der Waals surface area contributed by atoms with E-state index < -0.39 is 27.3 Å². The predicted molar refractivity (Wildman–Crippen MR) is 104 cm³/mol. The second-order valence-corrected chi connectivity index (χ2v) is 8.45. The van der Waals surface area contributed by atoms with E-state index in [1.165, 1.54) is 18.2 Å². The number of carbonyl (C=O) groups is 1. The lowest BCUT2D eigenvalue weighted by Crippen LogP contribution is -2.23. The van der Waals surface area contributed by atoms with Crippen molar-refractivity contribution in [1.82, 2.24) is 10.3 Å². The monoisotopic (exact) mass is 398 g/mol. The lowest BCUT2D eigenvalue weighted by atomic mass is 10.1. The van der Waals surface area contributed by atoms with Crippen molar-refractivity contribution in [3.05, 3.63) is 95.1 Å². The SMILES string of the molecule is Cc1ccc(S(=O)(=O)Cc2cc(F)cc(C(=O)NCc3cccnc3)c2)cc1. The summed E-state index contributed by atoms with van der Waals surface area (Å²) >= 11 is 0. The molecule has 144 valence electrons. The summed E-state index contributed by atoms with van der Waals surface area (Å²) in [4.78, 5) is 16.5. The van der Waals surface area contributed by atoms with Crippen molar-refractivity contribution in [1.29, 1.82) is 0 Å². The number of pyridine rings is 1. The van der Waals surface area contributed by atoms with Gasteiger partial charge in [-0.05, 0) is 54.4 Å². The third-order valence-electron chi connectivity index (χ3n) is 4.13. The predicted octanol–water partition coefficient (Wildman–Crippen LogP) is 3.43. The summed E-state index contributed by atoms with van der Waals surface area (Å²) in [7, 11) is -3.65. The van der Waals surface area contributed by atoms with Gasteiger partial charge in [0, 0.05) is 24.5 Å². The van der Waals surface area contributed by atoms with Crippen molar-refractivity contribution in [3.8, 4) is 0 Å². The highest BCUT2D eigenvalue weighted by Crippen LogP contribution is 2.19. The van der Waals surface area contributed by atoms with Crippen LogP contribution in [-0.4, -0.2) is 19.3 Å². The molecule has 1 heterocycles. The number of hydrogen-bond donors (Lipinski definition) is 1. The quantitative estimate of drug-likeness (QED) is 0.690. The molecule has 3 aromatic rings. The molecule has 7 heteroatoms. The first-order valence-corrected chi connectivity index (χ1v) is 10.2. The number of amides is 1. The molecule has 0 fully saturated rings. The number of aryl methyl sites for hydroxylation is 1. The summed E-state index contributed by atoms with van der Waals surface area (Å²) < 4.78 is 39.2. The van der Waals surface area contributed by atoms with Gasteiger partial charge >= 0.3 is 0 Å². The van der Waals surface area contributed by atoms with Gasteiger partial charge in [0.15, 0.2) is 9.84 Å². The van der Waals surface area contributed by atoms with Crippen molar-refractivity contribution < 1.29 is 17.6 Å². The molecule has 3 rings (SSSR count). The van der Waals surface area contributed by atoms with Crippen molar-refractivity contribution >= 4 is 15.7 Å². The number of carbonyl (C=O) groups excluding carboxylic acids is 1. The maximum atomic E-state index is 14.0. The van der Waals surface area contributed by atoms with E-state index in [4.69, 9.17) is 0 Å². The molecule has 2 aromatic carbocycles. The summed E-state index contributed by atoms with van der Waals surface area (Å²) in [6, 6.07) is 13.6. The highest BCUT2D eigenvalue weighted by molar-refractivity contribution is 7.90. The van der Waals surface area contributed by atoms with Crippen LogP contribution in [0.5, 0.6) is 0 Å². The molecule has 1 N–H and O–H groups in total. The van der Waals surface area contributed by atoms with Gasteiger partial charge in [0.25, 0.3) is 5.91 Å². The Hall–Kier alpha value is -3.06. The molecular weight excluding hydrogens is 379 g/mol. The van der Waals surface area contributed by atoms with E-state index in [1.54, 1.807) is 36.7 Å². The summed E-state index contributed by atoms with van der Waals surface area (Å²) in [5.41, 5.74) is 2.02. The number of aromatic nitrogens is 1. The number of rotatable bonds is 6. The van der Waals surface area contributed by atoms with Crippen LogP contribution >= 0.6 is 0 Å². The summed E-state index contributed by atoms with van der Waals surface area (Å²) in [6.07, 6.45) is 3.24. The van der Waals surface area contributed by atoms with Crippen LogP contribution < -0.4 is 5.32 Å². The molecule has 1 amide bonds. The second kappa shape index (κ2) is 8.31. The smallest absolute Gasteiger partial charge is 0.251 e. The van der Waals surface area contributed by atoms with E-state index in [-0.39, 0.29) is 22.6 Å². The fourth-order valence-electron chi connectivity index (χ4n) is 2.70. The zero-order valence-electron chi connectivity index (χ0n) is 15.2. The minimum absolute atomic E-state index is 0.0676. The third-order valence-corrected chi connectivity index (χ3v) is 5.84. The van der Waals surface area contributed by atoms with Crippen LogP contribution in [0.4, 0.5) is 4.39 Å². The Balaban J connectivity index is 1.77.